The molecular weight excluding hydrogens is 368 g/mol. The Kier molecular flexibility index (Phi) is 5.77. The van der Waals surface area contributed by atoms with Crippen molar-refractivity contribution in [1.82, 2.24) is 14.5 Å². The minimum atomic E-state index is -0.344. The van der Waals surface area contributed by atoms with Crippen LogP contribution in [0.2, 0.25) is 0 Å². The van der Waals surface area contributed by atoms with Gasteiger partial charge in [-0.2, -0.15) is 0 Å². The van der Waals surface area contributed by atoms with Crippen LogP contribution in [0.25, 0.3) is 10.9 Å². The number of fused-ring (bicyclic) bond motifs is 1. The van der Waals surface area contributed by atoms with Crippen LogP contribution in [0.1, 0.15) is 17.0 Å². The SMILES string of the molecule is Cc1cccc(C)c1NC(=O)CN(C)C(=O)Cn1c(C)nc2ccccc2c1=O. The van der Waals surface area contributed by atoms with Crippen LogP contribution in [0.5, 0.6) is 0 Å². The highest BCUT2D eigenvalue weighted by atomic mass is 16.2. The van der Waals surface area contributed by atoms with Gasteiger partial charge in [0.15, 0.2) is 0 Å². The van der Waals surface area contributed by atoms with Crippen molar-refractivity contribution < 1.29 is 9.59 Å². The molecule has 0 saturated heterocycles. The molecule has 1 N–H and O–H groups in total. The summed E-state index contributed by atoms with van der Waals surface area (Å²) in [7, 11) is 1.54. The van der Waals surface area contributed by atoms with Gasteiger partial charge in [0.25, 0.3) is 5.56 Å². The quantitative estimate of drug-likeness (QED) is 0.723. The van der Waals surface area contributed by atoms with Crippen molar-refractivity contribution in [3.05, 3.63) is 69.8 Å². The second-order valence-electron chi connectivity index (χ2n) is 7.13. The molecule has 7 nitrogen and oxygen atoms in total. The third-order valence-corrected chi connectivity index (χ3v) is 4.90. The Morgan fingerprint density at radius 1 is 1.03 bits per heavy atom. The molecule has 3 aromatic rings. The van der Waals surface area contributed by atoms with Crippen molar-refractivity contribution >= 4 is 28.4 Å². The van der Waals surface area contributed by atoms with E-state index in [4.69, 9.17) is 0 Å². The van der Waals surface area contributed by atoms with E-state index in [0.717, 1.165) is 16.8 Å². The molecule has 0 radical (unpaired) electrons. The van der Waals surface area contributed by atoms with Crippen LogP contribution in [0.3, 0.4) is 0 Å². The van der Waals surface area contributed by atoms with E-state index in [1.54, 1.807) is 32.2 Å². The zero-order valence-electron chi connectivity index (χ0n) is 17.0. The zero-order chi connectivity index (χ0) is 21.1. The van der Waals surface area contributed by atoms with Gasteiger partial charge in [-0.15, -0.1) is 0 Å². The number of likely N-dealkylation sites (N-methyl/N-ethyl adjacent to an activating group) is 1. The lowest BCUT2D eigenvalue weighted by atomic mass is 10.1. The number of nitrogens with zero attached hydrogens (tertiary/aromatic N) is 3. The molecule has 150 valence electrons. The number of para-hydroxylation sites is 2. The van der Waals surface area contributed by atoms with E-state index in [2.05, 4.69) is 10.3 Å². The Labute approximate surface area is 169 Å². The van der Waals surface area contributed by atoms with Crippen molar-refractivity contribution in [2.24, 2.45) is 0 Å². The first-order valence-electron chi connectivity index (χ1n) is 9.34. The summed E-state index contributed by atoms with van der Waals surface area (Å²) in [6.07, 6.45) is 0. The molecule has 0 unspecified atom stereocenters. The maximum Gasteiger partial charge on any atom is 0.261 e. The summed E-state index contributed by atoms with van der Waals surface area (Å²) in [4.78, 5) is 43.5. The molecule has 2 amide bonds. The number of amides is 2. The van der Waals surface area contributed by atoms with E-state index in [1.165, 1.54) is 9.47 Å². The fourth-order valence-corrected chi connectivity index (χ4v) is 3.22. The maximum atomic E-state index is 12.7. The Balaban J connectivity index is 1.72. The molecule has 7 heteroatoms. The van der Waals surface area contributed by atoms with Crippen molar-refractivity contribution in [2.45, 2.75) is 27.3 Å². The number of aryl methyl sites for hydroxylation is 3. The highest BCUT2D eigenvalue weighted by Crippen LogP contribution is 2.19. The van der Waals surface area contributed by atoms with Crippen LogP contribution in [0, 0.1) is 20.8 Å². The van der Waals surface area contributed by atoms with Gasteiger partial charge in [0.2, 0.25) is 11.8 Å². The Morgan fingerprint density at radius 2 is 1.69 bits per heavy atom. The van der Waals surface area contributed by atoms with Crippen molar-refractivity contribution in [3.8, 4) is 0 Å². The van der Waals surface area contributed by atoms with E-state index in [0.29, 0.717) is 16.7 Å². The molecule has 1 aromatic heterocycles. The average Bonchev–Trinajstić information content (AvgIpc) is 2.68. The molecule has 2 aromatic carbocycles. The summed E-state index contributed by atoms with van der Waals surface area (Å²) in [5, 5.41) is 3.32. The van der Waals surface area contributed by atoms with Crippen molar-refractivity contribution in [2.75, 3.05) is 18.9 Å². The highest BCUT2D eigenvalue weighted by molar-refractivity contribution is 5.95. The standard InChI is InChI=1S/C22H24N4O3/c1-14-8-7-9-15(2)21(14)24-19(27)12-25(4)20(28)13-26-16(3)23-18-11-6-5-10-17(18)22(26)29/h5-11H,12-13H2,1-4H3,(H,24,27). The maximum absolute atomic E-state index is 12.7. The lowest BCUT2D eigenvalue weighted by Crippen LogP contribution is -2.39. The number of carbonyl (C=O) groups excluding carboxylic acids is 2. The van der Waals surface area contributed by atoms with Crippen LogP contribution in [-0.4, -0.2) is 39.9 Å². The van der Waals surface area contributed by atoms with Crippen LogP contribution in [0.15, 0.2) is 47.3 Å². The second-order valence-corrected chi connectivity index (χ2v) is 7.13. The largest absolute Gasteiger partial charge is 0.335 e. The number of nitrogens with one attached hydrogen (secondary N) is 1. The minimum Gasteiger partial charge on any atom is -0.335 e. The summed E-state index contributed by atoms with van der Waals surface area (Å²) in [6, 6.07) is 12.8. The number of anilines is 1. The summed E-state index contributed by atoms with van der Waals surface area (Å²) >= 11 is 0. The minimum absolute atomic E-state index is 0.110. The second kappa shape index (κ2) is 8.26. The Bertz CT molecular complexity index is 1130. The number of hydrogen-bond acceptors (Lipinski definition) is 4. The fraction of sp³-hybridized carbons (Fsp3) is 0.273. The molecule has 0 aliphatic heterocycles. The van der Waals surface area contributed by atoms with E-state index < -0.39 is 0 Å². The molecule has 0 aliphatic rings. The highest BCUT2D eigenvalue weighted by Gasteiger charge is 2.17. The molecule has 1 heterocycles. The van der Waals surface area contributed by atoms with Crippen LogP contribution < -0.4 is 10.9 Å². The number of carbonyl (C=O) groups is 2. The predicted molar refractivity (Wildman–Crippen MR) is 113 cm³/mol. The van der Waals surface area contributed by atoms with E-state index in [9.17, 15) is 14.4 Å². The summed E-state index contributed by atoms with van der Waals surface area (Å²) in [5.74, 6) is -0.182. The van der Waals surface area contributed by atoms with Gasteiger partial charge in [0.1, 0.15) is 12.4 Å². The van der Waals surface area contributed by atoms with Gasteiger partial charge in [0.05, 0.1) is 17.4 Å². The first-order chi connectivity index (χ1) is 13.8. The molecule has 0 saturated carbocycles. The number of rotatable bonds is 5. The summed E-state index contributed by atoms with van der Waals surface area (Å²) in [6.45, 7) is 5.24. The third-order valence-electron chi connectivity index (χ3n) is 4.90. The Morgan fingerprint density at radius 3 is 2.38 bits per heavy atom. The first kappa shape index (κ1) is 20.3. The van der Waals surface area contributed by atoms with Gasteiger partial charge in [0, 0.05) is 12.7 Å². The molecular formula is C22H24N4O3. The van der Waals surface area contributed by atoms with E-state index >= 15 is 0 Å². The number of benzene rings is 2. The summed E-state index contributed by atoms with van der Waals surface area (Å²) in [5.41, 5.74) is 2.99. The molecule has 3 rings (SSSR count). The normalized spacial score (nSPS) is 10.8. The number of aromatic nitrogens is 2. The van der Waals surface area contributed by atoms with Crippen LogP contribution >= 0.6 is 0 Å². The number of hydrogen-bond donors (Lipinski definition) is 1. The smallest absolute Gasteiger partial charge is 0.261 e. The van der Waals surface area contributed by atoms with Crippen molar-refractivity contribution in [3.63, 3.8) is 0 Å². The third kappa shape index (κ3) is 4.34. The fourth-order valence-electron chi connectivity index (χ4n) is 3.22. The van der Waals surface area contributed by atoms with Crippen LogP contribution in [0.4, 0.5) is 5.69 Å². The average molecular weight is 392 g/mol. The molecule has 0 aliphatic carbocycles. The van der Waals surface area contributed by atoms with Gasteiger partial charge in [-0.05, 0) is 44.0 Å². The Hall–Kier alpha value is -3.48. The summed E-state index contributed by atoms with van der Waals surface area (Å²) < 4.78 is 1.34. The molecule has 29 heavy (non-hydrogen) atoms. The molecule has 0 spiro atoms. The molecule has 0 bridgehead atoms. The molecule has 0 atom stereocenters. The lowest BCUT2D eigenvalue weighted by molar-refractivity contribution is -0.133. The predicted octanol–water partition coefficient (Wildman–Crippen LogP) is 2.42. The van der Waals surface area contributed by atoms with Crippen molar-refractivity contribution in [1.29, 1.82) is 0 Å². The molecule has 0 fully saturated rings. The lowest BCUT2D eigenvalue weighted by Gasteiger charge is -2.19. The van der Waals surface area contributed by atoms with E-state index in [-0.39, 0.29) is 30.5 Å². The van der Waals surface area contributed by atoms with Crippen LogP contribution in [-0.2, 0) is 16.1 Å². The van der Waals surface area contributed by atoms with Gasteiger partial charge in [-0.25, -0.2) is 4.98 Å². The first-order valence-corrected chi connectivity index (χ1v) is 9.34. The van der Waals surface area contributed by atoms with E-state index in [1.807, 2.05) is 38.1 Å². The monoisotopic (exact) mass is 392 g/mol. The topological polar surface area (TPSA) is 84.3 Å². The van der Waals surface area contributed by atoms with Gasteiger partial charge < -0.3 is 10.2 Å². The van der Waals surface area contributed by atoms with Gasteiger partial charge in [-0.3, -0.25) is 19.0 Å². The zero-order valence-corrected chi connectivity index (χ0v) is 17.0. The van der Waals surface area contributed by atoms with Gasteiger partial charge >= 0.3 is 0 Å². The van der Waals surface area contributed by atoms with Gasteiger partial charge in [-0.1, -0.05) is 30.3 Å².